The first kappa shape index (κ1) is 24.7. The van der Waals surface area contributed by atoms with Gasteiger partial charge in [-0.2, -0.15) is 26.3 Å². The Labute approximate surface area is 181 Å². The third-order valence-corrected chi connectivity index (χ3v) is 4.13. The highest BCUT2D eigenvalue weighted by molar-refractivity contribution is 5.54. The molecule has 0 aromatic heterocycles. The molecule has 34 heavy (non-hydrogen) atoms. The zero-order valence-corrected chi connectivity index (χ0v) is 15.9. The van der Waals surface area contributed by atoms with Crippen LogP contribution in [0.1, 0.15) is 5.56 Å². The second kappa shape index (κ2) is 8.46. The minimum Gasteiger partial charge on any atom is -0.447 e. The van der Waals surface area contributed by atoms with Crippen LogP contribution in [0.2, 0.25) is 0 Å². The lowest BCUT2D eigenvalue weighted by Crippen LogP contribution is -2.12. The predicted octanol–water partition coefficient (Wildman–Crippen LogP) is 6.57. The summed E-state index contributed by atoms with van der Waals surface area (Å²) in [5.74, 6) is -24.9. The number of nitrogens with two attached hydrogens (primary N) is 2. The van der Waals surface area contributed by atoms with E-state index < -0.39 is 98.7 Å². The van der Waals surface area contributed by atoms with E-state index >= 15 is 0 Å². The Hall–Kier alpha value is -3.91. The lowest BCUT2D eigenvalue weighted by molar-refractivity contribution is -0.139. The Balaban J connectivity index is 2.28. The molecular weight excluding hydrogens is 497 g/mol. The minimum absolute atomic E-state index is 0.0949. The highest BCUT2D eigenvalue weighted by Gasteiger charge is 2.40. The smallest absolute Gasteiger partial charge is 0.420 e. The van der Waals surface area contributed by atoms with E-state index in [1.54, 1.807) is 0 Å². The maximum absolute atomic E-state index is 14.9. The minimum atomic E-state index is -5.65. The van der Waals surface area contributed by atoms with Gasteiger partial charge in [-0.15, -0.1) is 0 Å². The molecule has 0 aliphatic heterocycles. The number of alkyl halides is 3. The average molecular weight is 504 g/mol. The molecule has 182 valence electrons. The number of benzene rings is 3. The Morgan fingerprint density at radius 2 is 0.912 bits per heavy atom. The van der Waals surface area contributed by atoms with Crippen molar-refractivity contribution in [2.45, 2.75) is 6.18 Å². The first-order valence-electron chi connectivity index (χ1n) is 8.45. The van der Waals surface area contributed by atoms with Gasteiger partial charge in [-0.25, -0.2) is 22.0 Å². The van der Waals surface area contributed by atoms with Crippen LogP contribution in [-0.4, -0.2) is 0 Å². The molecule has 0 fully saturated rings. The van der Waals surface area contributed by atoms with Crippen LogP contribution in [0.4, 0.5) is 59.7 Å². The molecule has 0 unspecified atom stereocenters. The Morgan fingerprint density at radius 1 is 0.500 bits per heavy atom. The quantitative estimate of drug-likeness (QED) is 0.240. The topological polar surface area (TPSA) is 70.5 Å². The Morgan fingerprint density at radius 3 is 1.32 bits per heavy atom. The summed E-state index contributed by atoms with van der Waals surface area (Å²) in [6, 6.07) is -0.298. The van der Waals surface area contributed by atoms with Crippen LogP contribution >= 0.6 is 0 Å². The van der Waals surface area contributed by atoms with Crippen molar-refractivity contribution in [3.63, 3.8) is 0 Å². The number of halogens is 11. The van der Waals surface area contributed by atoms with Gasteiger partial charge in [0.1, 0.15) is 5.56 Å². The summed E-state index contributed by atoms with van der Waals surface area (Å²) in [6.45, 7) is 0. The highest BCUT2D eigenvalue weighted by Crippen LogP contribution is 2.46. The van der Waals surface area contributed by atoms with Crippen LogP contribution in [0.25, 0.3) is 0 Å². The van der Waals surface area contributed by atoms with E-state index in [-0.39, 0.29) is 12.1 Å². The summed E-state index contributed by atoms with van der Waals surface area (Å²) in [6.07, 6.45) is -5.65. The lowest BCUT2D eigenvalue weighted by Gasteiger charge is -2.19. The van der Waals surface area contributed by atoms with E-state index in [4.69, 9.17) is 11.5 Å². The first-order chi connectivity index (χ1) is 15.6. The number of hydrogen-bond donors (Lipinski definition) is 2. The van der Waals surface area contributed by atoms with E-state index in [0.29, 0.717) is 0 Å². The molecule has 4 nitrogen and oxygen atoms in total. The second-order valence-corrected chi connectivity index (χ2v) is 6.39. The van der Waals surface area contributed by atoms with Gasteiger partial charge in [0.15, 0.2) is 34.8 Å². The van der Waals surface area contributed by atoms with Crippen molar-refractivity contribution in [1.82, 2.24) is 0 Å². The molecule has 3 rings (SSSR count). The van der Waals surface area contributed by atoms with Crippen molar-refractivity contribution in [1.29, 1.82) is 0 Å². The van der Waals surface area contributed by atoms with Crippen LogP contribution in [0.3, 0.4) is 0 Å². The van der Waals surface area contributed by atoms with E-state index in [2.05, 4.69) is 9.47 Å². The molecule has 0 aliphatic carbocycles. The first-order valence-corrected chi connectivity index (χ1v) is 8.45. The second-order valence-electron chi connectivity index (χ2n) is 6.39. The number of anilines is 2. The molecule has 0 aliphatic rings. The maximum Gasteiger partial charge on any atom is 0.420 e. The molecule has 3 aromatic rings. The van der Waals surface area contributed by atoms with Gasteiger partial charge in [-0.3, -0.25) is 0 Å². The predicted molar refractivity (Wildman–Crippen MR) is 93.0 cm³/mol. The average Bonchev–Trinajstić information content (AvgIpc) is 2.73. The van der Waals surface area contributed by atoms with Crippen molar-refractivity contribution in [3.05, 3.63) is 70.3 Å². The Kier molecular flexibility index (Phi) is 6.15. The summed E-state index contributed by atoms with van der Waals surface area (Å²) in [4.78, 5) is 0. The molecule has 4 N–H and O–H groups in total. The molecule has 0 heterocycles. The van der Waals surface area contributed by atoms with Gasteiger partial charge in [0.05, 0.1) is 11.4 Å². The summed E-state index contributed by atoms with van der Waals surface area (Å²) in [5, 5.41) is 0. The van der Waals surface area contributed by atoms with Crippen LogP contribution < -0.4 is 20.9 Å². The zero-order chi connectivity index (χ0) is 25.7. The fraction of sp³-hybridized carbons (Fsp3) is 0.0526. The van der Waals surface area contributed by atoms with Crippen molar-refractivity contribution in [2.75, 3.05) is 11.5 Å². The van der Waals surface area contributed by atoms with Crippen LogP contribution in [-0.2, 0) is 6.18 Å². The number of hydrogen-bond acceptors (Lipinski definition) is 4. The van der Waals surface area contributed by atoms with E-state index in [0.717, 1.165) is 0 Å². The van der Waals surface area contributed by atoms with Gasteiger partial charge in [0.25, 0.3) is 0 Å². The van der Waals surface area contributed by atoms with Gasteiger partial charge in [-0.1, -0.05) is 0 Å². The fourth-order valence-corrected chi connectivity index (χ4v) is 2.57. The molecule has 0 spiro atoms. The molecule has 0 atom stereocenters. The highest BCUT2D eigenvalue weighted by atomic mass is 19.4. The van der Waals surface area contributed by atoms with E-state index in [1.807, 2.05) is 0 Å². The van der Waals surface area contributed by atoms with Crippen LogP contribution in [0.15, 0.2) is 18.2 Å². The summed E-state index contributed by atoms with van der Waals surface area (Å²) >= 11 is 0. The van der Waals surface area contributed by atoms with Crippen molar-refractivity contribution in [3.8, 4) is 23.0 Å². The standard InChI is InChI=1S/C19H7F11N2O2/c20-5-2-8(31)12(25)17(10(5)23)33-15-4(19(28,29)30)1-7(22)16(14(15)27)34-18-11(24)6(21)3-9(32)13(18)26/h1-3H,31-32H2. The van der Waals surface area contributed by atoms with Gasteiger partial charge in [-0.05, 0) is 6.07 Å². The van der Waals surface area contributed by atoms with Crippen molar-refractivity contribution >= 4 is 11.4 Å². The van der Waals surface area contributed by atoms with Crippen molar-refractivity contribution in [2.24, 2.45) is 0 Å². The van der Waals surface area contributed by atoms with Crippen molar-refractivity contribution < 1.29 is 57.8 Å². The Bertz CT molecular complexity index is 1260. The molecule has 3 aromatic carbocycles. The summed E-state index contributed by atoms with van der Waals surface area (Å²) in [5.41, 5.74) is 5.46. The molecule has 0 saturated heterocycles. The molecular formula is C19H7F11N2O2. The number of nitrogen functional groups attached to an aromatic ring is 2. The SMILES string of the molecule is Nc1cc(F)c(F)c(Oc2c(F)cc(C(F)(F)F)c(Oc3c(F)c(N)cc(F)c3F)c2F)c1F. The third kappa shape index (κ3) is 4.20. The molecule has 0 bridgehead atoms. The largest absolute Gasteiger partial charge is 0.447 e. The molecule has 0 saturated carbocycles. The molecule has 15 heteroatoms. The van der Waals surface area contributed by atoms with Gasteiger partial charge < -0.3 is 20.9 Å². The zero-order valence-electron chi connectivity index (χ0n) is 15.9. The van der Waals surface area contributed by atoms with Gasteiger partial charge in [0, 0.05) is 12.1 Å². The maximum atomic E-state index is 14.9. The monoisotopic (exact) mass is 504 g/mol. The van der Waals surface area contributed by atoms with Crippen LogP contribution in [0.5, 0.6) is 23.0 Å². The summed E-state index contributed by atoms with van der Waals surface area (Å²) < 4.78 is 161. The van der Waals surface area contributed by atoms with E-state index in [9.17, 15) is 48.3 Å². The third-order valence-electron chi connectivity index (χ3n) is 4.13. The summed E-state index contributed by atoms with van der Waals surface area (Å²) in [7, 11) is 0. The van der Waals surface area contributed by atoms with Crippen LogP contribution in [0, 0.1) is 46.5 Å². The van der Waals surface area contributed by atoms with Gasteiger partial charge in [0.2, 0.25) is 34.7 Å². The van der Waals surface area contributed by atoms with Gasteiger partial charge >= 0.3 is 6.18 Å². The molecule has 0 amide bonds. The fourth-order valence-electron chi connectivity index (χ4n) is 2.57. The van der Waals surface area contributed by atoms with E-state index in [1.165, 1.54) is 0 Å². The normalized spacial score (nSPS) is 11.6. The number of rotatable bonds is 4. The lowest BCUT2D eigenvalue weighted by atomic mass is 10.1. The number of ether oxygens (including phenoxy) is 2. The molecule has 0 radical (unpaired) electrons.